The SMILES string of the molecule is O=c1cc(CSc2nnc(C3CC3)n2-c2ccccc2)c2ccc(O)cc2o1. The van der Waals surface area contributed by atoms with Gasteiger partial charge in [0.15, 0.2) is 5.16 Å². The lowest BCUT2D eigenvalue weighted by Crippen LogP contribution is -2.03. The van der Waals surface area contributed by atoms with Crippen molar-refractivity contribution in [2.45, 2.75) is 29.7 Å². The standard InChI is InChI=1S/C21H17N3O3S/c25-16-8-9-17-14(10-19(26)27-18(17)11-16)12-28-21-23-22-20(13-6-7-13)24(21)15-4-2-1-3-5-15/h1-5,8-11,13,25H,6-7,12H2. The Morgan fingerprint density at radius 3 is 2.71 bits per heavy atom. The molecule has 0 unspecified atom stereocenters. The van der Waals surface area contributed by atoms with Gasteiger partial charge in [0.25, 0.3) is 0 Å². The molecule has 1 aliphatic carbocycles. The molecule has 0 radical (unpaired) electrons. The summed E-state index contributed by atoms with van der Waals surface area (Å²) in [5, 5.41) is 20.1. The van der Waals surface area contributed by atoms with E-state index in [2.05, 4.69) is 26.9 Å². The number of aromatic hydroxyl groups is 1. The van der Waals surface area contributed by atoms with Crippen molar-refractivity contribution in [3.05, 3.63) is 76.4 Å². The summed E-state index contributed by atoms with van der Waals surface area (Å²) in [6.45, 7) is 0. The monoisotopic (exact) mass is 391 g/mol. The molecule has 1 saturated carbocycles. The Morgan fingerprint density at radius 1 is 1.11 bits per heavy atom. The van der Waals surface area contributed by atoms with Gasteiger partial charge >= 0.3 is 5.63 Å². The molecule has 0 aliphatic heterocycles. The highest BCUT2D eigenvalue weighted by Gasteiger charge is 2.31. The van der Waals surface area contributed by atoms with Crippen molar-refractivity contribution in [3.8, 4) is 11.4 Å². The molecule has 2 aromatic heterocycles. The molecule has 5 rings (SSSR count). The van der Waals surface area contributed by atoms with Crippen LogP contribution in [-0.2, 0) is 5.75 Å². The second-order valence-electron chi connectivity index (χ2n) is 6.85. The molecule has 1 aliphatic rings. The first-order chi connectivity index (χ1) is 13.7. The van der Waals surface area contributed by atoms with E-state index in [9.17, 15) is 9.90 Å². The number of rotatable bonds is 5. The van der Waals surface area contributed by atoms with Crippen LogP contribution >= 0.6 is 11.8 Å². The molecule has 1 fully saturated rings. The maximum absolute atomic E-state index is 11.9. The quantitative estimate of drug-likeness (QED) is 0.405. The minimum absolute atomic E-state index is 0.0679. The van der Waals surface area contributed by atoms with Gasteiger partial charge in [0, 0.05) is 34.9 Å². The van der Waals surface area contributed by atoms with E-state index in [4.69, 9.17) is 4.42 Å². The number of phenolic OH excluding ortho intramolecular Hbond substituents is 1. The summed E-state index contributed by atoms with van der Waals surface area (Å²) in [5.41, 5.74) is 1.83. The number of para-hydroxylation sites is 1. The van der Waals surface area contributed by atoms with Gasteiger partial charge in [-0.25, -0.2) is 4.79 Å². The third-order valence-electron chi connectivity index (χ3n) is 4.79. The van der Waals surface area contributed by atoms with E-state index >= 15 is 0 Å². The van der Waals surface area contributed by atoms with Crippen molar-refractivity contribution in [1.82, 2.24) is 14.8 Å². The van der Waals surface area contributed by atoms with Crippen LogP contribution in [0.15, 0.2) is 69.0 Å². The van der Waals surface area contributed by atoms with Crippen LogP contribution < -0.4 is 5.63 Å². The van der Waals surface area contributed by atoms with Gasteiger partial charge in [-0.3, -0.25) is 4.57 Å². The van der Waals surface area contributed by atoms with Crippen molar-refractivity contribution >= 4 is 22.7 Å². The number of phenols is 1. The molecule has 28 heavy (non-hydrogen) atoms. The number of nitrogens with zero attached hydrogens (tertiary/aromatic N) is 3. The van der Waals surface area contributed by atoms with Crippen LogP contribution in [0.5, 0.6) is 5.75 Å². The minimum Gasteiger partial charge on any atom is -0.508 e. The van der Waals surface area contributed by atoms with E-state index in [1.54, 1.807) is 12.1 Å². The molecule has 6 nitrogen and oxygen atoms in total. The van der Waals surface area contributed by atoms with Gasteiger partial charge in [-0.1, -0.05) is 30.0 Å². The molecule has 0 saturated heterocycles. The van der Waals surface area contributed by atoms with E-state index in [1.165, 1.54) is 23.9 Å². The van der Waals surface area contributed by atoms with E-state index in [0.29, 0.717) is 17.3 Å². The summed E-state index contributed by atoms with van der Waals surface area (Å²) in [7, 11) is 0. The molecule has 1 N–H and O–H groups in total. The lowest BCUT2D eigenvalue weighted by atomic mass is 10.1. The Bertz CT molecular complexity index is 1210. The van der Waals surface area contributed by atoms with Crippen molar-refractivity contribution < 1.29 is 9.52 Å². The Hall–Kier alpha value is -3.06. The molecular formula is C21H17N3O3S. The Balaban J connectivity index is 1.51. The Kier molecular flexibility index (Phi) is 4.16. The molecule has 0 bridgehead atoms. The first-order valence-corrected chi connectivity index (χ1v) is 10.1. The summed E-state index contributed by atoms with van der Waals surface area (Å²) in [6.07, 6.45) is 2.28. The zero-order valence-electron chi connectivity index (χ0n) is 14.9. The third-order valence-corrected chi connectivity index (χ3v) is 5.76. The fraction of sp³-hybridized carbons (Fsp3) is 0.190. The van der Waals surface area contributed by atoms with Gasteiger partial charge < -0.3 is 9.52 Å². The highest BCUT2D eigenvalue weighted by atomic mass is 32.2. The fourth-order valence-electron chi connectivity index (χ4n) is 3.28. The lowest BCUT2D eigenvalue weighted by Gasteiger charge is -2.10. The maximum atomic E-state index is 11.9. The van der Waals surface area contributed by atoms with Gasteiger partial charge in [0.1, 0.15) is 17.2 Å². The van der Waals surface area contributed by atoms with Gasteiger partial charge in [-0.15, -0.1) is 10.2 Å². The predicted molar refractivity (Wildman–Crippen MR) is 107 cm³/mol. The van der Waals surface area contributed by atoms with E-state index < -0.39 is 5.63 Å². The van der Waals surface area contributed by atoms with Crippen LogP contribution in [0.4, 0.5) is 0 Å². The number of hydrogen-bond donors (Lipinski definition) is 1. The van der Waals surface area contributed by atoms with Crippen LogP contribution in [0.2, 0.25) is 0 Å². The van der Waals surface area contributed by atoms with Gasteiger partial charge in [-0.2, -0.15) is 0 Å². The second-order valence-corrected chi connectivity index (χ2v) is 7.79. The largest absolute Gasteiger partial charge is 0.508 e. The first-order valence-electron chi connectivity index (χ1n) is 9.08. The summed E-state index contributed by atoms with van der Waals surface area (Å²) < 4.78 is 7.33. The molecule has 0 amide bonds. The Morgan fingerprint density at radius 2 is 1.93 bits per heavy atom. The smallest absolute Gasteiger partial charge is 0.336 e. The van der Waals surface area contributed by atoms with Gasteiger partial charge in [-0.05, 0) is 42.7 Å². The molecule has 2 aromatic carbocycles. The summed E-state index contributed by atoms with van der Waals surface area (Å²) in [5.74, 6) is 2.08. The number of benzene rings is 2. The number of hydrogen-bond acceptors (Lipinski definition) is 6. The van der Waals surface area contributed by atoms with E-state index in [-0.39, 0.29) is 5.75 Å². The molecular weight excluding hydrogens is 374 g/mol. The average molecular weight is 391 g/mol. The zero-order chi connectivity index (χ0) is 19.1. The van der Waals surface area contributed by atoms with Gasteiger partial charge in [0.05, 0.1) is 0 Å². The molecule has 2 heterocycles. The maximum Gasteiger partial charge on any atom is 0.336 e. The second kappa shape index (κ2) is 6.83. The molecule has 7 heteroatoms. The molecule has 0 atom stereocenters. The molecule has 4 aromatic rings. The Labute approximate surface area is 164 Å². The minimum atomic E-state index is -0.433. The average Bonchev–Trinajstić information content (AvgIpc) is 3.45. The zero-order valence-corrected chi connectivity index (χ0v) is 15.7. The summed E-state index contributed by atoms with van der Waals surface area (Å²) in [6, 6.07) is 16.4. The number of aromatic nitrogens is 3. The van der Waals surface area contributed by atoms with Crippen molar-refractivity contribution in [2.75, 3.05) is 0 Å². The molecule has 140 valence electrons. The normalized spacial score (nSPS) is 13.9. The van der Waals surface area contributed by atoms with Crippen molar-refractivity contribution in [2.24, 2.45) is 0 Å². The van der Waals surface area contributed by atoms with Crippen LogP contribution in [0.3, 0.4) is 0 Å². The topological polar surface area (TPSA) is 81.2 Å². The first kappa shape index (κ1) is 17.1. The fourth-order valence-corrected chi connectivity index (χ4v) is 4.23. The lowest BCUT2D eigenvalue weighted by molar-refractivity contribution is 0.473. The van der Waals surface area contributed by atoms with E-state index in [0.717, 1.165) is 40.5 Å². The highest BCUT2D eigenvalue weighted by Crippen LogP contribution is 2.41. The van der Waals surface area contributed by atoms with Crippen LogP contribution in [0.25, 0.3) is 16.7 Å². The highest BCUT2D eigenvalue weighted by molar-refractivity contribution is 7.98. The van der Waals surface area contributed by atoms with Crippen LogP contribution in [-0.4, -0.2) is 19.9 Å². The summed E-state index contributed by atoms with van der Waals surface area (Å²) >= 11 is 1.54. The number of thioether (sulfide) groups is 1. The third kappa shape index (κ3) is 3.18. The summed E-state index contributed by atoms with van der Waals surface area (Å²) in [4.78, 5) is 11.9. The predicted octanol–water partition coefficient (Wildman–Crippen LogP) is 4.25. The van der Waals surface area contributed by atoms with Crippen LogP contribution in [0, 0.1) is 0 Å². The van der Waals surface area contributed by atoms with E-state index in [1.807, 2.05) is 18.2 Å². The molecule has 0 spiro atoms. The number of fused-ring (bicyclic) bond motifs is 1. The van der Waals surface area contributed by atoms with Crippen molar-refractivity contribution in [1.29, 1.82) is 0 Å². The van der Waals surface area contributed by atoms with Gasteiger partial charge in [0.2, 0.25) is 0 Å². The van der Waals surface area contributed by atoms with Crippen molar-refractivity contribution in [3.63, 3.8) is 0 Å². The van der Waals surface area contributed by atoms with Crippen LogP contribution in [0.1, 0.15) is 30.1 Å².